The standard InChI is InChI=1S/C10H15F2N3O4/c11-10(12)3-4-15(7(10)9(18)19)8(17)5(13)1-2-6(14)16/h5,7H,1-4,13H2,(H2,14,16)(H,18,19)/t5-,7-/m0/s1. The Kier molecular flexibility index (Phi) is 4.40. The molecular weight excluding hydrogens is 264 g/mol. The van der Waals surface area contributed by atoms with E-state index in [1.807, 2.05) is 0 Å². The van der Waals surface area contributed by atoms with Crippen molar-refractivity contribution in [1.82, 2.24) is 4.90 Å². The van der Waals surface area contributed by atoms with E-state index in [1.165, 1.54) is 0 Å². The number of hydrogen-bond acceptors (Lipinski definition) is 4. The average molecular weight is 279 g/mol. The number of alkyl halides is 2. The summed E-state index contributed by atoms with van der Waals surface area (Å²) >= 11 is 0. The maximum atomic E-state index is 13.4. The zero-order valence-corrected chi connectivity index (χ0v) is 10.0. The first kappa shape index (κ1) is 15.3. The van der Waals surface area contributed by atoms with Crippen LogP contribution < -0.4 is 11.5 Å². The summed E-state index contributed by atoms with van der Waals surface area (Å²) in [6.07, 6.45) is -1.00. The van der Waals surface area contributed by atoms with Crippen LogP contribution in [0.25, 0.3) is 0 Å². The van der Waals surface area contributed by atoms with E-state index in [4.69, 9.17) is 16.6 Å². The van der Waals surface area contributed by atoms with E-state index in [1.54, 1.807) is 0 Å². The monoisotopic (exact) mass is 279 g/mol. The third-order valence-electron chi connectivity index (χ3n) is 2.93. The Morgan fingerprint density at radius 3 is 2.47 bits per heavy atom. The molecule has 1 aliphatic rings. The van der Waals surface area contributed by atoms with Crippen molar-refractivity contribution in [1.29, 1.82) is 0 Å². The van der Waals surface area contributed by atoms with Gasteiger partial charge in [0.2, 0.25) is 11.8 Å². The van der Waals surface area contributed by atoms with Crippen LogP contribution in [0.3, 0.4) is 0 Å². The number of aliphatic carboxylic acids is 1. The van der Waals surface area contributed by atoms with Gasteiger partial charge in [-0.05, 0) is 6.42 Å². The highest BCUT2D eigenvalue weighted by atomic mass is 19.3. The minimum atomic E-state index is -3.48. The van der Waals surface area contributed by atoms with Gasteiger partial charge in [-0.3, -0.25) is 9.59 Å². The Bertz CT molecular complexity index is 402. The van der Waals surface area contributed by atoms with E-state index >= 15 is 0 Å². The molecule has 1 saturated heterocycles. The summed E-state index contributed by atoms with van der Waals surface area (Å²) in [4.78, 5) is 33.7. The van der Waals surface area contributed by atoms with Crippen molar-refractivity contribution in [3.05, 3.63) is 0 Å². The molecule has 1 rings (SSSR count). The van der Waals surface area contributed by atoms with Crippen LogP contribution in [-0.2, 0) is 14.4 Å². The number of carbonyl (C=O) groups is 3. The summed E-state index contributed by atoms with van der Waals surface area (Å²) in [6, 6.07) is -3.43. The molecule has 0 bridgehead atoms. The van der Waals surface area contributed by atoms with Crippen molar-refractivity contribution in [3.8, 4) is 0 Å². The number of halogens is 2. The lowest BCUT2D eigenvalue weighted by Gasteiger charge is -2.26. The Morgan fingerprint density at radius 2 is 2.00 bits per heavy atom. The van der Waals surface area contributed by atoms with Crippen molar-refractivity contribution in [3.63, 3.8) is 0 Å². The quantitative estimate of drug-likeness (QED) is 0.588. The topological polar surface area (TPSA) is 127 Å². The number of amides is 2. The van der Waals surface area contributed by atoms with Crippen LogP contribution in [0.1, 0.15) is 19.3 Å². The second kappa shape index (κ2) is 5.47. The van der Waals surface area contributed by atoms with Crippen molar-refractivity contribution < 1.29 is 28.3 Å². The highest BCUT2D eigenvalue weighted by Gasteiger charge is 2.55. The number of carboxylic acids is 1. The fraction of sp³-hybridized carbons (Fsp3) is 0.700. The zero-order chi connectivity index (χ0) is 14.8. The average Bonchev–Trinajstić information content (AvgIpc) is 2.60. The third kappa shape index (κ3) is 3.37. The lowest BCUT2D eigenvalue weighted by Crippen LogP contribution is -2.52. The second-order valence-electron chi connectivity index (χ2n) is 4.39. The van der Waals surface area contributed by atoms with Gasteiger partial charge in [0, 0.05) is 19.4 Å². The first-order valence-corrected chi connectivity index (χ1v) is 5.62. The molecule has 1 fully saturated rings. The van der Waals surface area contributed by atoms with E-state index in [9.17, 15) is 23.2 Å². The number of rotatable bonds is 5. The Labute approximate surface area is 107 Å². The SMILES string of the molecule is NC(=O)CC[C@H](N)C(=O)N1CCC(F)(F)[C@@H]1C(=O)O. The molecule has 2 atom stereocenters. The molecule has 1 aliphatic heterocycles. The first-order chi connectivity index (χ1) is 8.66. The van der Waals surface area contributed by atoms with Crippen LogP contribution >= 0.6 is 0 Å². The second-order valence-corrected chi connectivity index (χ2v) is 4.39. The number of carboxylic acid groups (broad SMARTS) is 1. The van der Waals surface area contributed by atoms with Gasteiger partial charge in [-0.15, -0.1) is 0 Å². The van der Waals surface area contributed by atoms with Crippen LogP contribution in [0.4, 0.5) is 8.78 Å². The summed E-state index contributed by atoms with van der Waals surface area (Å²) in [7, 11) is 0. The van der Waals surface area contributed by atoms with E-state index in [-0.39, 0.29) is 19.4 Å². The van der Waals surface area contributed by atoms with Gasteiger partial charge in [-0.25, -0.2) is 13.6 Å². The van der Waals surface area contributed by atoms with Crippen LogP contribution in [0.2, 0.25) is 0 Å². The van der Waals surface area contributed by atoms with Crippen LogP contribution in [0, 0.1) is 0 Å². The molecule has 2 amide bonds. The Morgan fingerprint density at radius 1 is 1.42 bits per heavy atom. The zero-order valence-electron chi connectivity index (χ0n) is 10.0. The number of likely N-dealkylation sites (tertiary alicyclic amines) is 1. The molecule has 0 aromatic heterocycles. The lowest BCUT2D eigenvalue weighted by molar-refractivity contribution is -0.159. The maximum Gasteiger partial charge on any atom is 0.332 e. The van der Waals surface area contributed by atoms with Crippen LogP contribution in [0.15, 0.2) is 0 Å². The number of hydrogen-bond donors (Lipinski definition) is 3. The van der Waals surface area contributed by atoms with Gasteiger partial charge >= 0.3 is 5.97 Å². The minimum Gasteiger partial charge on any atom is -0.480 e. The largest absolute Gasteiger partial charge is 0.480 e. The van der Waals surface area contributed by atoms with E-state index in [2.05, 4.69) is 0 Å². The van der Waals surface area contributed by atoms with E-state index < -0.39 is 42.2 Å². The summed E-state index contributed by atoms with van der Waals surface area (Å²) in [6.45, 7) is -0.382. The van der Waals surface area contributed by atoms with Gasteiger partial charge in [0.15, 0.2) is 6.04 Å². The minimum absolute atomic E-state index is 0.109. The fourth-order valence-corrected chi connectivity index (χ4v) is 1.95. The summed E-state index contributed by atoms with van der Waals surface area (Å²) in [5.74, 6) is -6.85. The summed E-state index contributed by atoms with van der Waals surface area (Å²) in [5, 5.41) is 8.78. The molecule has 0 aliphatic carbocycles. The molecule has 0 aromatic carbocycles. The molecule has 5 N–H and O–H groups in total. The van der Waals surface area contributed by atoms with Crippen molar-refractivity contribution in [2.45, 2.75) is 37.3 Å². The molecule has 108 valence electrons. The highest BCUT2D eigenvalue weighted by molar-refractivity contribution is 5.88. The van der Waals surface area contributed by atoms with Gasteiger partial charge in [0.05, 0.1) is 6.04 Å². The van der Waals surface area contributed by atoms with Gasteiger partial charge in [0.25, 0.3) is 5.92 Å². The van der Waals surface area contributed by atoms with Crippen LogP contribution in [-0.4, -0.2) is 52.3 Å². The highest BCUT2D eigenvalue weighted by Crippen LogP contribution is 2.34. The van der Waals surface area contributed by atoms with Crippen molar-refractivity contribution in [2.75, 3.05) is 6.54 Å². The van der Waals surface area contributed by atoms with Gasteiger partial charge in [0.1, 0.15) is 0 Å². The maximum absolute atomic E-state index is 13.4. The molecule has 0 radical (unpaired) electrons. The molecule has 9 heteroatoms. The molecule has 0 saturated carbocycles. The Hall–Kier alpha value is -1.77. The molecule has 7 nitrogen and oxygen atoms in total. The Balaban J connectivity index is 2.76. The fourth-order valence-electron chi connectivity index (χ4n) is 1.95. The number of primary amides is 1. The van der Waals surface area contributed by atoms with Crippen molar-refractivity contribution >= 4 is 17.8 Å². The lowest BCUT2D eigenvalue weighted by atomic mass is 10.1. The number of nitrogens with zero attached hydrogens (tertiary/aromatic N) is 1. The van der Waals surface area contributed by atoms with E-state index in [0.29, 0.717) is 4.90 Å². The molecule has 0 aromatic rings. The number of carbonyl (C=O) groups excluding carboxylic acids is 2. The van der Waals surface area contributed by atoms with Crippen LogP contribution in [0.5, 0.6) is 0 Å². The first-order valence-electron chi connectivity index (χ1n) is 5.62. The summed E-state index contributed by atoms with van der Waals surface area (Å²) in [5.41, 5.74) is 10.3. The molecular formula is C10H15F2N3O4. The molecule has 0 spiro atoms. The normalized spacial score (nSPS) is 23.1. The van der Waals surface area contributed by atoms with Gasteiger partial charge in [-0.1, -0.05) is 0 Å². The van der Waals surface area contributed by atoms with Gasteiger partial charge < -0.3 is 21.5 Å². The predicted octanol–water partition coefficient (Wildman–Crippen LogP) is -1.10. The smallest absolute Gasteiger partial charge is 0.332 e. The third-order valence-corrected chi connectivity index (χ3v) is 2.93. The summed E-state index contributed by atoms with van der Waals surface area (Å²) < 4.78 is 26.7. The molecule has 19 heavy (non-hydrogen) atoms. The van der Waals surface area contributed by atoms with Gasteiger partial charge in [-0.2, -0.15) is 0 Å². The molecule has 1 heterocycles. The molecule has 0 unspecified atom stereocenters. The number of nitrogens with two attached hydrogens (primary N) is 2. The van der Waals surface area contributed by atoms with Crippen molar-refractivity contribution in [2.24, 2.45) is 11.5 Å². The van der Waals surface area contributed by atoms with E-state index in [0.717, 1.165) is 0 Å². The predicted molar refractivity (Wildman–Crippen MR) is 59.1 cm³/mol.